The number of aromatic nitrogens is 1. The van der Waals surface area contributed by atoms with Crippen LogP contribution >= 0.6 is 11.3 Å². The van der Waals surface area contributed by atoms with Crippen LogP contribution in [-0.4, -0.2) is 10.9 Å². The first-order chi connectivity index (χ1) is 9.54. The summed E-state index contributed by atoms with van der Waals surface area (Å²) in [5.74, 6) is -1.39. The van der Waals surface area contributed by atoms with Crippen molar-refractivity contribution in [3.05, 3.63) is 45.4 Å². The molecule has 1 fully saturated rings. The second-order valence-electron chi connectivity index (χ2n) is 4.82. The molecular formula is C14H12F2N2OS. The maximum Gasteiger partial charge on any atom is 0.267 e. The summed E-state index contributed by atoms with van der Waals surface area (Å²) in [5, 5.41) is 3.42. The zero-order valence-corrected chi connectivity index (χ0v) is 11.6. The highest BCUT2D eigenvalue weighted by atomic mass is 32.1. The van der Waals surface area contributed by atoms with Gasteiger partial charge in [-0.3, -0.25) is 4.79 Å². The number of carbonyl (C=O) groups excluding carboxylic acids is 1. The second kappa shape index (κ2) is 4.94. The molecule has 0 atom stereocenters. The highest BCUT2D eigenvalue weighted by molar-refractivity contribution is 7.14. The number of hydrogen-bond donors (Lipinski definition) is 1. The van der Waals surface area contributed by atoms with Crippen molar-refractivity contribution in [3.63, 3.8) is 0 Å². The summed E-state index contributed by atoms with van der Waals surface area (Å²) >= 11 is 1.35. The number of thiazole rings is 1. The molecule has 3 rings (SSSR count). The van der Waals surface area contributed by atoms with Crippen LogP contribution in [0, 0.1) is 18.6 Å². The molecule has 0 aliphatic heterocycles. The number of aryl methyl sites for hydroxylation is 1. The van der Waals surface area contributed by atoms with Gasteiger partial charge in [-0.2, -0.15) is 0 Å². The molecule has 0 unspecified atom stereocenters. The molecule has 1 aliphatic carbocycles. The summed E-state index contributed by atoms with van der Waals surface area (Å²) in [6, 6.07) is 3.05. The van der Waals surface area contributed by atoms with Gasteiger partial charge in [-0.05, 0) is 31.9 Å². The molecule has 1 saturated carbocycles. The number of nitrogens with zero attached hydrogens (tertiary/aromatic N) is 1. The lowest BCUT2D eigenvalue weighted by Gasteiger charge is -2.05. The third-order valence-corrected chi connectivity index (χ3v) is 4.44. The minimum absolute atomic E-state index is 0.0304. The second-order valence-corrected chi connectivity index (χ2v) is 5.85. The molecule has 1 heterocycles. The topological polar surface area (TPSA) is 42.0 Å². The maximum absolute atomic E-state index is 13.5. The largest absolute Gasteiger partial charge is 0.319 e. The predicted octanol–water partition coefficient (Wildman–Crippen LogP) is 3.86. The van der Waals surface area contributed by atoms with Crippen molar-refractivity contribution in [1.82, 2.24) is 4.98 Å². The molecule has 6 heteroatoms. The predicted molar refractivity (Wildman–Crippen MR) is 73.1 cm³/mol. The standard InChI is InChI=1S/C14H12F2N2OS/c1-7-12(20-14(17-7)8-2-3-8)13(19)18-11-5-4-9(15)6-10(11)16/h4-6,8H,2-3H2,1H3,(H,18,19). The van der Waals surface area contributed by atoms with Gasteiger partial charge in [-0.25, -0.2) is 13.8 Å². The maximum atomic E-state index is 13.5. The van der Waals surface area contributed by atoms with Gasteiger partial charge >= 0.3 is 0 Å². The van der Waals surface area contributed by atoms with Crippen LogP contribution in [0.4, 0.5) is 14.5 Å². The third-order valence-electron chi connectivity index (χ3n) is 3.13. The van der Waals surface area contributed by atoms with E-state index in [-0.39, 0.29) is 5.69 Å². The van der Waals surface area contributed by atoms with E-state index in [0.717, 1.165) is 30.0 Å². The third kappa shape index (κ3) is 2.56. The van der Waals surface area contributed by atoms with Gasteiger partial charge in [0.1, 0.15) is 16.5 Å². The number of hydrogen-bond acceptors (Lipinski definition) is 3. The van der Waals surface area contributed by atoms with E-state index in [1.165, 1.54) is 17.4 Å². The Morgan fingerprint density at radius 3 is 2.80 bits per heavy atom. The molecule has 3 nitrogen and oxygen atoms in total. The highest BCUT2D eigenvalue weighted by Gasteiger charge is 2.29. The zero-order valence-electron chi connectivity index (χ0n) is 10.7. The first-order valence-corrected chi connectivity index (χ1v) is 7.10. The Morgan fingerprint density at radius 2 is 2.15 bits per heavy atom. The lowest BCUT2D eigenvalue weighted by atomic mass is 10.3. The van der Waals surface area contributed by atoms with Gasteiger partial charge in [-0.1, -0.05) is 0 Å². The van der Waals surface area contributed by atoms with Gasteiger partial charge in [0.25, 0.3) is 5.91 Å². The van der Waals surface area contributed by atoms with Crippen LogP contribution in [0.3, 0.4) is 0 Å². The SMILES string of the molecule is Cc1nc(C2CC2)sc1C(=O)Nc1ccc(F)cc1F. The monoisotopic (exact) mass is 294 g/mol. The fourth-order valence-electron chi connectivity index (χ4n) is 1.90. The van der Waals surface area contributed by atoms with E-state index in [4.69, 9.17) is 0 Å². The van der Waals surface area contributed by atoms with Crippen molar-refractivity contribution in [1.29, 1.82) is 0 Å². The van der Waals surface area contributed by atoms with E-state index < -0.39 is 17.5 Å². The van der Waals surface area contributed by atoms with E-state index in [1.54, 1.807) is 6.92 Å². The van der Waals surface area contributed by atoms with Crippen LogP contribution in [0.5, 0.6) is 0 Å². The van der Waals surface area contributed by atoms with Crippen molar-refractivity contribution >= 4 is 22.9 Å². The average molecular weight is 294 g/mol. The number of nitrogens with one attached hydrogen (secondary N) is 1. The van der Waals surface area contributed by atoms with Gasteiger partial charge in [0.2, 0.25) is 0 Å². The number of anilines is 1. The molecule has 0 bridgehead atoms. The van der Waals surface area contributed by atoms with E-state index in [9.17, 15) is 13.6 Å². The Kier molecular flexibility index (Phi) is 3.25. The molecule has 0 spiro atoms. The van der Waals surface area contributed by atoms with E-state index in [0.29, 0.717) is 16.5 Å². The van der Waals surface area contributed by atoms with Crippen molar-refractivity contribution < 1.29 is 13.6 Å². The molecule has 2 aromatic rings. The Hall–Kier alpha value is -1.82. The van der Waals surface area contributed by atoms with Crippen molar-refractivity contribution in [2.45, 2.75) is 25.7 Å². The summed E-state index contributed by atoms with van der Waals surface area (Å²) in [7, 11) is 0. The number of halogens is 2. The number of amides is 1. The van der Waals surface area contributed by atoms with Crippen molar-refractivity contribution in [2.24, 2.45) is 0 Å². The highest BCUT2D eigenvalue weighted by Crippen LogP contribution is 2.42. The van der Waals surface area contributed by atoms with Gasteiger partial charge in [0, 0.05) is 12.0 Å². The van der Waals surface area contributed by atoms with Crippen LogP contribution < -0.4 is 5.32 Å². The lowest BCUT2D eigenvalue weighted by molar-refractivity contribution is 0.102. The van der Waals surface area contributed by atoms with Gasteiger partial charge in [-0.15, -0.1) is 11.3 Å². The van der Waals surface area contributed by atoms with E-state index in [1.807, 2.05) is 0 Å². The van der Waals surface area contributed by atoms with Crippen LogP contribution in [0.2, 0.25) is 0 Å². The lowest BCUT2D eigenvalue weighted by Crippen LogP contribution is -2.12. The van der Waals surface area contributed by atoms with Crippen LogP contribution in [0.1, 0.15) is 39.1 Å². The molecule has 0 saturated heterocycles. The molecule has 1 aliphatic rings. The Labute approximate surface area is 118 Å². The number of rotatable bonds is 3. The minimum Gasteiger partial charge on any atom is -0.319 e. The first-order valence-electron chi connectivity index (χ1n) is 6.28. The first kappa shape index (κ1) is 13.2. The molecule has 1 amide bonds. The number of benzene rings is 1. The Morgan fingerprint density at radius 1 is 1.40 bits per heavy atom. The van der Waals surface area contributed by atoms with Gasteiger partial charge in [0.15, 0.2) is 0 Å². The molecule has 1 N–H and O–H groups in total. The van der Waals surface area contributed by atoms with E-state index >= 15 is 0 Å². The smallest absolute Gasteiger partial charge is 0.267 e. The van der Waals surface area contributed by atoms with Crippen molar-refractivity contribution in [3.8, 4) is 0 Å². The Balaban J connectivity index is 1.82. The average Bonchev–Trinajstić information content (AvgIpc) is 3.16. The zero-order chi connectivity index (χ0) is 14.3. The van der Waals surface area contributed by atoms with E-state index in [2.05, 4.69) is 10.3 Å². The summed E-state index contributed by atoms with van der Waals surface area (Å²) < 4.78 is 26.3. The molecule has 104 valence electrons. The summed E-state index contributed by atoms with van der Waals surface area (Å²) in [4.78, 5) is 17.0. The molecular weight excluding hydrogens is 282 g/mol. The summed E-state index contributed by atoms with van der Waals surface area (Å²) in [6.45, 7) is 1.76. The van der Waals surface area contributed by atoms with Crippen LogP contribution in [-0.2, 0) is 0 Å². The normalized spacial score (nSPS) is 14.3. The molecule has 0 radical (unpaired) electrons. The quantitative estimate of drug-likeness (QED) is 0.934. The molecule has 1 aromatic carbocycles. The fraction of sp³-hybridized carbons (Fsp3) is 0.286. The number of carbonyl (C=O) groups is 1. The van der Waals surface area contributed by atoms with Gasteiger partial charge < -0.3 is 5.32 Å². The Bertz CT molecular complexity index is 680. The minimum atomic E-state index is -0.789. The molecule has 20 heavy (non-hydrogen) atoms. The van der Waals surface area contributed by atoms with Crippen LogP contribution in [0.25, 0.3) is 0 Å². The molecule has 1 aromatic heterocycles. The summed E-state index contributed by atoms with van der Waals surface area (Å²) in [6.07, 6.45) is 2.22. The summed E-state index contributed by atoms with van der Waals surface area (Å²) in [5.41, 5.74) is 0.620. The van der Waals surface area contributed by atoms with Gasteiger partial charge in [0.05, 0.1) is 16.4 Å². The van der Waals surface area contributed by atoms with Crippen molar-refractivity contribution in [2.75, 3.05) is 5.32 Å². The van der Waals surface area contributed by atoms with Crippen LogP contribution in [0.15, 0.2) is 18.2 Å². The fourth-order valence-corrected chi connectivity index (χ4v) is 3.03.